The van der Waals surface area contributed by atoms with Crippen molar-refractivity contribution in [2.45, 2.75) is 89.0 Å². The van der Waals surface area contributed by atoms with Gasteiger partial charge in [0.25, 0.3) is 0 Å². The van der Waals surface area contributed by atoms with E-state index in [4.69, 9.17) is 4.74 Å². The van der Waals surface area contributed by atoms with E-state index in [1.807, 2.05) is 30.3 Å². The first-order chi connectivity index (χ1) is 18.3. The van der Waals surface area contributed by atoms with Gasteiger partial charge in [0.2, 0.25) is 11.8 Å². The van der Waals surface area contributed by atoms with Crippen molar-refractivity contribution >= 4 is 17.8 Å². The van der Waals surface area contributed by atoms with Gasteiger partial charge in [-0.3, -0.25) is 9.59 Å². The highest BCUT2D eigenvalue weighted by molar-refractivity contribution is 5.94. The number of carbonyl (C=O) groups excluding carboxylic acids is 3. The molecule has 0 aromatic heterocycles. The summed E-state index contributed by atoms with van der Waals surface area (Å²) in [6, 6.07) is 7.91. The first kappa shape index (κ1) is 25.6. The Morgan fingerprint density at radius 2 is 1.68 bits per heavy atom. The van der Waals surface area contributed by atoms with Gasteiger partial charge in [-0.25, -0.2) is 4.79 Å². The van der Waals surface area contributed by atoms with Crippen molar-refractivity contribution in [2.24, 2.45) is 28.6 Å². The second-order valence-electron chi connectivity index (χ2n) is 12.9. The van der Waals surface area contributed by atoms with E-state index in [9.17, 15) is 19.5 Å². The van der Waals surface area contributed by atoms with Crippen LogP contribution in [0, 0.1) is 28.6 Å². The molecule has 2 amide bonds. The molecule has 4 bridgehead atoms. The Kier molecular flexibility index (Phi) is 6.61. The molecule has 7 heteroatoms. The van der Waals surface area contributed by atoms with Crippen LogP contribution in [0.2, 0.25) is 0 Å². The summed E-state index contributed by atoms with van der Waals surface area (Å²) in [4.78, 5) is 42.7. The fourth-order valence-corrected chi connectivity index (χ4v) is 8.51. The molecule has 0 radical (unpaired) electrons. The quantitative estimate of drug-likeness (QED) is 0.382. The number of aliphatic hydroxyl groups excluding tert-OH is 1. The average molecular weight is 521 g/mol. The summed E-state index contributed by atoms with van der Waals surface area (Å²) < 4.78 is 5.60. The average Bonchev–Trinajstić information content (AvgIpc) is 3.58. The monoisotopic (exact) mass is 520 g/mol. The number of nitrogens with zero attached hydrogens (tertiary/aromatic N) is 1. The van der Waals surface area contributed by atoms with E-state index in [1.165, 1.54) is 24.2 Å². The maximum atomic E-state index is 14.4. The Balaban J connectivity index is 1.25. The number of hydrogen-bond acceptors (Lipinski definition) is 5. The fraction of sp³-hybridized carbons (Fsp3) is 0.645. The highest BCUT2D eigenvalue weighted by Crippen LogP contribution is 2.62. The Hall–Kier alpha value is -2.67. The summed E-state index contributed by atoms with van der Waals surface area (Å²) >= 11 is 0. The highest BCUT2D eigenvalue weighted by atomic mass is 16.5. The van der Waals surface area contributed by atoms with Crippen molar-refractivity contribution in [2.75, 3.05) is 6.54 Å². The molecule has 204 valence electrons. The number of carbonyl (C=O) groups is 3. The summed E-state index contributed by atoms with van der Waals surface area (Å²) in [7, 11) is 0. The van der Waals surface area contributed by atoms with Crippen molar-refractivity contribution < 1.29 is 24.2 Å². The Morgan fingerprint density at radius 3 is 2.26 bits per heavy atom. The van der Waals surface area contributed by atoms with Crippen molar-refractivity contribution in [3.05, 3.63) is 48.6 Å². The maximum absolute atomic E-state index is 14.4. The van der Waals surface area contributed by atoms with E-state index in [2.05, 4.69) is 11.9 Å². The van der Waals surface area contributed by atoms with Crippen LogP contribution in [-0.4, -0.2) is 52.5 Å². The molecule has 1 saturated heterocycles. The maximum Gasteiger partial charge on any atom is 0.329 e. The van der Waals surface area contributed by atoms with E-state index < -0.39 is 29.6 Å². The standard InChI is InChI=1S/C31H40N2O5/c1-2-8-30(9-10-30)29(37)32-26(31-15-21-11-22(16-31)13-23(12-21)17-31)27(35)33-18-24(34)14-25(33)28(36)38-19-20-6-4-3-5-7-20/h2-7,21-26,34H,1,8-19H2,(H,32,37)/t21?,22?,23?,24-,25+,26-,31?/m1/s1. The van der Waals surface area contributed by atoms with E-state index >= 15 is 0 Å². The first-order valence-electron chi connectivity index (χ1n) is 14.4. The predicted octanol–water partition coefficient (Wildman–Crippen LogP) is 3.75. The third-order valence-corrected chi connectivity index (χ3v) is 10.1. The van der Waals surface area contributed by atoms with Crippen molar-refractivity contribution in [3.8, 4) is 0 Å². The van der Waals surface area contributed by atoms with E-state index in [1.54, 1.807) is 6.08 Å². The zero-order chi connectivity index (χ0) is 26.5. The van der Waals surface area contributed by atoms with Crippen LogP contribution < -0.4 is 5.32 Å². The second kappa shape index (κ2) is 9.82. The molecule has 1 aromatic rings. The van der Waals surface area contributed by atoms with Gasteiger partial charge >= 0.3 is 5.97 Å². The summed E-state index contributed by atoms with van der Waals surface area (Å²) in [6.07, 6.45) is 9.91. The van der Waals surface area contributed by atoms with Crippen molar-refractivity contribution in [1.29, 1.82) is 0 Å². The lowest BCUT2D eigenvalue weighted by atomic mass is 9.47. The highest BCUT2D eigenvalue weighted by Gasteiger charge is 2.59. The van der Waals surface area contributed by atoms with E-state index in [0.717, 1.165) is 37.7 Å². The topological polar surface area (TPSA) is 95.9 Å². The number of allylic oxidation sites excluding steroid dienone is 1. The molecular formula is C31H40N2O5. The number of benzene rings is 1. The number of β-amino-alcohol motifs (C(OH)–C–C–N with tert-alkyl or cyclic N) is 1. The summed E-state index contributed by atoms with van der Waals surface area (Å²) in [5.74, 6) is 1.02. The molecule has 5 aliphatic carbocycles. The molecule has 1 aliphatic heterocycles. The van der Waals surface area contributed by atoms with Crippen LogP contribution >= 0.6 is 0 Å². The second-order valence-corrected chi connectivity index (χ2v) is 12.9. The molecular weight excluding hydrogens is 480 g/mol. The van der Waals surface area contributed by atoms with E-state index in [-0.39, 0.29) is 36.8 Å². The van der Waals surface area contributed by atoms with Crippen LogP contribution in [0.15, 0.2) is 43.0 Å². The molecule has 38 heavy (non-hydrogen) atoms. The minimum Gasteiger partial charge on any atom is -0.459 e. The van der Waals surface area contributed by atoms with Crippen LogP contribution in [0.3, 0.4) is 0 Å². The van der Waals surface area contributed by atoms with Crippen molar-refractivity contribution in [1.82, 2.24) is 10.2 Å². The molecule has 0 unspecified atom stereocenters. The summed E-state index contributed by atoms with van der Waals surface area (Å²) in [5.41, 5.74) is 0.131. The summed E-state index contributed by atoms with van der Waals surface area (Å²) in [5, 5.41) is 13.8. The minimum atomic E-state index is -0.849. The number of hydrogen-bond donors (Lipinski definition) is 2. The predicted molar refractivity (Wildman–Crippen MR) is 141 cm³/mol. The molecule has 6 aliphatic rings. The number of rotatable bonds is 9. The zero-order valence-electron chi connectivity index (χ0n) is 22.1. The molecule has 6 fully saturated rings. The SMILES string of the molecule is C=CCC1(C(=O)N[C@H](C(=O)N2C[C@H](O)C[C@H]2C(=O)OCc2ccccc2)C23CC4CC(CC(C4)C2)C3)CC1. The molecule has 1 aromatic carbocycles. The summed E-state index contributed by atoms with van der Waals surface area (Å²) in [6.45, 7) is 4.05. The van der Waals surface area contributed by atoms with Crippen LogP contribution in [-0.2, 0) is 25.7 Å². The van der Waals surface area contributed by atoms with Crippen LogP contribution in [0.5, 0.6) is 0 Å². The largest absolute Gasteiger partial charge is 0.459 e. The molecule has 5 saturated carbocycles. The fourth-order valence-electron chi connectivity index (χ4n) is 8.51. The van der Waals surface area contributed by atoms with Gasteiger partial charge in [-0.2, -0.15) is 0 Å². The lowest BCUT2D eigenvalue weighted by Crippen LogP contribution is -2.64. The van der Waals surface area contributed by atoms with Crippen LogP contribution in [0.4, 0.5) is 0 Å². The Morgan fingerprint density at radius 1 is 1.05 bits per heavy atom. The third-order valence-electron chi connectivity index (χ3n) is 10.1. The van der Waals surface area contributed by atoms with Gasteiger partial charge in [-0.15, -0.1) is 6.58 Å². The number of nitrogens with one attached hydrogen (secondary N) is 1. The number of esters is 1. The van der Waals surface area contributed by atoms with Gasteiger partial charge in [0.1, 0.15) is 18.7 Å². The van der Waals surface area contributed by atoms with Gasteiger partial charge in [-0.05, 0) is 81.1 Å². The molecule has 7 nitrogen and oxygen atoms in total. The number of likely N-dealkylation sites (tertiary alicyclic amines) is 1. The van der Waals surface area contributed by atoms with Gasteiger partial charge < -0.3 is 20.1 Å². The number of ether oxygens (including phenoxy) is 1. The van der Waals surface area contributed by atoms with Gasteiger partial charge in [0.15, 0.2) is 0 Å². The molecule has 0 spiro atoms. The normalized spacial score (nSPS) is 35.0. The molecule has 2 N–H and O–H groups in total. The first-order valence-corrected chi connectivity index (χ1v) is 14.4. The molecule has 1 heterocycles. The zero-order valence-corrected chi connectivity index (χ0v) is 22.1. The number of aliphatic hydroxyl groups is 1. The van der Waals surface area contributed by atoms with Gasteiger partial charge in [0, 0.05) is 18.4 Å². The number of amides is 2. The molecule has 7 rings (SSSR count). The Bertz CT molecular complexity index is 1060. The third kappa shape index (κ3) is 4.67. The minimum absolute atomic E-state index is 0.0607. The lowest BCUT2D eigenvalue weighted by Gasteiger charge is -2.59. The molecule has 3 atom stereocenters. The van der Waals surface area contributed by atoms with Gasteiger partial charge in [-0.1, -0.05) is 36.4 Å². The van der Waals surface area contributed by atoms with Crippen LogP contribution in [0.1, 0.15) is 69.8 Å². The Labute approximate surface area is 225 Å². The smallest absolute Gasteiger partial charge is 0.329 e. The van der Waals surface area contributed by atoms with Crippen LogP contribution in [0.25, 0.3) is 0 Å². The van der Waals surface area contributed by atoms with E-state index in [0.29, 0.717) is 24.2 Å². The lowest BCUT2D eigenvalue weighted by molar-refractivity contribution is -0.160. The van der Waals surface area contributed by atoms with Crippen molar-refractivity contribution in [3.63, 3.8) is 0 Å². The van der Waals surface area contributed by atoms with Gasteiger partial charge in [0.05, 0.1) is 11.5 Å².